The van der Waals surface area contributed by atoms with Crippen molar-refractivity contribution < 1.29 is 18.4 Å². The Labute approximate surface area is 149 Å². The second-order valence-corrected chi connectivity index (χ2v) is 5.53. The summed E-state index contributed by atoms with van der Waals surface area (Å²) in [7, 11) is 3.18. The maximum atomic E-state index is 12.9. The lowest BCUT2D eigenvalue weighted by Gasteiger charge is -2.15. The molecule has 0 aliphatic heterocycles. The minimum Gasteiger partial charge on any atom is -0.497 e. The first-order valence-electron chi connectivity index (χ1n) is 7.80. The van der Waals surface area contributed by atoms with E-state index in [0.29, 0.717) is 17.4 Å². The monoisotopic (exact) mass is 356 g/mol. The quantitative estimate of drug-likeness (QED) is 0.756. The van der Waals surface area contributed by atoms with Crippen molar-refractivity contribution in [2.24, 2.45) is 0 Å². The van der Waals surface area contributed by atoms with E-state index in [1.54, 1.807) is 26.3 Å². The zero-order valence-corrected chi connectivity index (χ0v) is 14.3. The molecule has 3 aromatic rings. The van der Waals surface area contributed by atoms with Gasteiger partial charge in [-0.05, 0) is 48.5 Å². The first kappa shape index (κ1) is 17.4. The summed E-state index contributed by atoms with van der Waals surface area (Å²) in [5, 5.41) is 6.58. The number of amides is 2. The number of nitrogens with zero attached hydrogens (tertiary/aromatic N) is 3. The van der Waals surface area contributed by atoms with Gasteiger partial charge in [0.2, 0.25) is 11.7 Å². The molecular weight excluding hydrogens is 339 g/mol. The van der Waals surface area contributed by atoms with Gasteiger partial charge in [-0.1, -0.05) is 5.16 Å². The zero-order valence-electron chi connectivity index (χ0n) is 14.3. The van der Waals surface area contributed by atoms with Crippen LogP contribution in [0.4, 0.5) is 14.9 Å². The largest absolute Gasteiger partial charge is 0.497 e. The fourth-order valence-electron chi connectivity index (χ4n) is 2.20. The highest BCUT2D eigenvalue weighted by Gasteiger charge is 2.15. The molecule has 134 valence electrons. The summed E-state index contributed by atoms with van der Waals surface area (Å²) in [6.07, 6.45) is 0. The predicted molar refractivity (Wildman–Crippen MR) is 93.2 cm³/mol. The first-order valence-corrected chi connectivity index (χ1v) is 7.80. The van der Waals surface area contributed by atoms with E-state index in [-0.39, 0.29) is 18.4 Å². The standard InChI is InChI=1S/C18H17FN4O3/c1-23(18(24)20-14-7-5-13(19)6-8-14)11-16-21-17(22-26-16)12-3-9-15(25-2)10-4-12/h3-10H,11H2,1-2H3,(H,20,24). The number of benzene rings is 2. The van der Waals surface area contributed by atoms with Gasteiger partial charge in [0.1, 0.15) is 18.1 Å². The normalized spacial score (nSPS) is 10.4. The van der Waals surface area contributed by atoms with E-state index in [1.807, 2.05) is 12.1 Å². The van der Waals surface area contributed by atoms with Crippen LogP contribution in [-0.4, -0.2) is 35.2 Å². The summed E-state index contributed by atoms with van der Waals surface area (Å²) >= 11 is 0. The molecule has 1 heterocycles. The lowest BCUT2D eigenvalue weighted by molar-refractivity contribution is 0.213. The van der Waals surface area contributed by atoms with Crippen molar-refractivity contribution in [3.63, 3.8) is 0 Å². The Bertz CT molecular complexity index is 878. The maximum Gasteiger partial charge on any atom is 0.322 e. The number of urea groups is 1. The van der Waals surface area contributed by atoms with Gasteiger partial charge in [-0.25, -0.2) is 9.18 Å². The van der Waals surface area contributed by atoms with E-state index in [9.17, 15) is 9.18 Å². The number of halogens is 1. The Morgan fingerprint density at radius 2 is 1.88 bits per heavy atom. The minimum absolute atomic E-state index is 0.135. The van der Waals surface area contributed by atoms with E-state index in [4.69, 9.17) is 9.26 Å². The third kappa shape index (κ3) is 4.15. The molecule has 1 N–H and O–H groups in total. The Hall–Kier alpha value is -3.42. The number of ether oxygens (including phenoxy) is 1. The van der Waals surface area contributed by atoms with Crippen LogP contribution in [0.1, 0.15) is 5.89 Å². The molecule has 26 heavy (non-hydrogen) atoms. The second-order valence-electron chi connectivity index (χ2n) is 5.53. The van der Waals surface area contributed by atoms with Crippen LogP contribution < -0.4 is 10.1 Å². The van der Waals surface area contributed by atoms with Crippen LogP contribution in [0.25, 0.3) is 11.4 Å². The number of anilines is 1. The molecule has 0 aliphatic rings. The second kappa shape index (κ2) is 7.64. The van der Waals surface area contributed by atoms with Crippen LogP contribution in [0.2, 0.25) is 0 Å². The summed E-state index contributed by atoms with van der Waals surface area (Å²) in [6, 6.07) is 12.4. The minimum atomic E-state index is -0.374. The van der Waals surface area contributed by atoms with Gasteiger partial charge in [0.05, 0.1) is 7.11 Å². The van der Waals surface area contributed by atoms with Crippen LogP contribution in [0.15, 0.2) is 53.1 Å². The molecule has 2 amide bonds. The molecule has 0 radical (unpaired) electrons. The number of methoxy groups -OCH3 is 1. The average Bonchev–Trinajstić information content (AvgIpc) is 3.12. The highest BCUT2D eigenvalue weighted by molar-refractivity contribution is 5.88. The number of carbonyl (C=O) groups excluding carboxylic acids is 1. The number of rotatable bonds is 5. The third-order valence-electron chi connectivity index (χ3n) is 3.63. The van der Waals surface area contributed by atoms with Gasteiger partial charge in [-0.3, -0.25) is 0 Å². The van der Waals surface area contributed by atoms with Gasteiger partial charge in [0.25, 0.3) is 0 Å². The molecule has 3 rings (SSSR count). The van der Waals surface area contributed by atoms with Crippen molar-refractivity contribution in [1.82, 2.24) is 15.0 Å². The number of nitrogens with one attached hydrogen (secondary N) is 1. The topological polar surface area (TPSA) is 80.5 Å². The van der Waals surface area contributed by atoms with Crippen molar-refractivity contribution in [2.45, 2.75) is 6.54 Å². The Kier molecular flexibility index (Phi) is 5.12. The number of carbonyl (C=O) groups is 1. The first-order chi connectivity index (χ1) is 12.5. The van der Waals surface area contributed by atoms with Crippen LogP contribution in [-0.2, 0) is 6.54 Å². The fourth-order valence-corrected chi connectivity index (χ4v) is 2.20. The van der Waals surface area contributed by atoms with Gasteiger partial charge < -0.3 is 19.5 Å². The van der Waals surface area contributed by atoms with E-state index in [1.165, 1.54) is 29.2 Å². The van der Waals surface area contributed by atoms with Gasteiger partial charge in [-0.15, -0.1) is 0 Å². The van der Waals surface area contributed by atoms with Crippen molar-refractivity contribution in [3.05, 3.63) is 60.2 Å². The predicted octanol–water partition coefficient (Wildman–Crippen LogP) is 3.55. The number of hydrogen-bond acceptors (Lipinski definition) is 5. The molecule has 0 unspecified atom stereocenters. The highest BCUT2D eigenvalue weighted by Crippen LogP contribution is 2.20. The maximum absolute atomic E-state index is 12.9. The van der Waals surface area contributed by atoms with Gasteiger partial charge in [0, 0.05) is 18.3 Å². The van der Waals surface area contributed by atoms with Gasteiger partial charge >= 0.3 is 6.03 Å². The number of hydrogen-bond donors (Lipinski definition) is 1. The third-order valence-corrected chi connectivity index (χ3v) is 3.63. The average molecular weight is 356 g/mol. The van der Waals surface area contributed by atoms with Crippen molar-refractivity contribution in [3.8, 4) is 17.1 Å². The molecule has 8 heteroatoms. The molecule has 0 saturated heterocycles. The van der Waals surface area contributed by atoms with Crippen molar-refractivity contribution >= 4 is 11.7 Å². The van der Waals surface area contributed by atoms with Gasteiger partial charge in [0.15, 0.2) is 0 Å². The van der Waals surface area contributed by atoms with E-state index in [0.717, 1.165) is 11.3 Å². The Morgan fingerprint density at radius 3 is 2.54 bits per heavy atom. The zero-order chi connectivity index (χ0) is 18.5. The van der Waals surface area contributed by atoms with Crippen molar-refractivity contribution in [1.29, 1.82) is 0 Å². The molecule has 2 aromatic carbocycles. The summed E-state index contributed by atoms with van der Waals surface area (Å²) in [4.78, 5) is 17.8. The van der Waals surface area contributed by atoms with Crippen molar-refractivity contribution in [2.75, 3.05) is 19.5 Å². The molecular formula is C18H17FN4O3. The lowest BCUT2D eigenvalue weighted by Crippen LogP contribution is -2.30. The molecule has 0 bridgehead atoms. The van der Waals surface area contributed by atoms with E-state index >= 15 is 0 Å². The van der Waals surface area contributed by atoms with E-state index in [2.05, 4.69) is 15.5 Å². The molecule has 7 nitrogen and oxygen atoms in total. The highest BCUT2D eigenvalue weighted by atomic mass is 19.1. The summed E-state index contributed by atoms with van der Waals surface area (Å²) in [5.74, 6) is 1.09. The Morgan fingerprint density at radius 1 is 1.19 bits per heavy atom. The van der Waals surface area contributed by atoms with Crippen LogP contribution in [0.3, 0.4) is 0 Å². The molecule has 0 fully saturated rings. The van der Waals surface area contributed by atoms with E-state index < -0.39 is 0 Å². The molecule has 0 aliphatic carbocycles. The summed E-state index contributed by atoms with van der Waals surface area (Å²) in [5.41, 5.74) is 1.27. The van der Waals surface area contributed by atoms with Crippen LogP contribution in [0, 0.1) is 5.82 Å². The Balaban J connectivity index is 1.62. The molecule has 0 atom stereocenters. The fraction of sp³-hybridized carbons (Fsp3) is 0.167. The summed E-state index contributed by atoms with van der Waals surface area (Å²) < 4.78 is 23.2. The number of aromatic nitrogens is 2. The van der Waals surface area contributed by atoms with Crippen LogP contribution >= 0.6 is 0 Å². The molecule has 1 aromatic heterocycles. The molecule has 0 saturated carbocycles. The smallest absolute Gasteiger partial charge is 0.322 e. The summed E-state index contributed by atoms with van der Waals surface area (Å²) in [6.45, 7) is 0.135. The SMILES string of the molecule is COc1ccc(-c2noc(CN(C)C(=O)Nc3ccc(F)cc3)n2)cc1. The van der Waals surface area contributed by atoms with Crippen LogP contribution in [0.5, 0.6) is 5.75 Å². The molecule has 0 spiro atoms. The van der Waals surface area contributed by atoms with Gasteiger partial charge in [-0.2, -0.15) is 4.98 Å². The lowest BCUT2D eigenvalue weighted by atomic mass is 10.2.